The number of sulfonamides is 1. The number of nitrogens with one attached hydrogen (secondary N) is 1. The van der Waals surface area contributed by atoms with Crippen molar-refractivity contribution in [2.45, 2.75) is 72.0 Å². The second-order valence-corrected chi connectivity index (χ2v) is 11.5. The second-order valence-electron chi connectivity index (χ2n) is 9.16. The predicted molar refractivity (Wildman–Crippen MR) is 147 cm³/mol. The largest absolute Gasteiger partial charge is 0.352 e. The van der Waals surface area contributed by atoms with Crippen molar-refractivity contribution in [2.24, 2.45) is 0 Å². The molecule has 0 radical (unpaired) electrons. The Morgan fingerprint density at radius 1 is 1.00 bits per heavy atom. The summed E-state index contributed by atoms with van der Waals surface area (Å²) in [4.78, 5) is 28.1. The van der Waals surface area contributed by atoms with Gasteiger partial charge in [0.1, 0.15) is 6.04 Å². The van der Waals surface area contributed by atoms with E-state index in [0.717, 1.165) is 23.8 Å². The third kappa shape index (κ3) is 8.82. The quantitative estimate of drug-likeness (QED) is 0.394. The standard InChI is InChI=1S/C27H38ClN3O4S/c1-6-21(4)29-27(33)25(7-2)30(19-22-12-14-23(28)15-13-22)26(32)9-8-18-31(36(5,34)35)24-16-10-20(3)11-17-24/h10-17,21,25H,6-9,18-19H2,1-5H3,(H,29,33)/t21-,25-/m1/s1. The number of hydrogen-bond acceptors (Lipinski definition) is 4. The van der Waals surface area contributed by atoms with Crippen LogP contribution in [0.4, 0.5) is 5.69 Å². The van der Waals surface area contributed by atoms with Crippen LogP contribution < -0.4 is 9.62 Å². The maximum absolute atomic E-state index is 13.4. The summed E-state index contributed by atoms with van der Waals surface area (Å²) in [5, 5.41) is 3.58. The number of carbonyl (C=O) groups is 2. The molecule has 2 aromatic carbocycles. The Bertz CT molecular complexity index is 1100. The van der Waals surface area contributed by atoms with Crippen molar-refractivity contribution in [3.8, 4) is 0 Å². The molecule has 1 N–H and O–H groups in total. The Labute approximate surface area is 220 Å². The lowest BCUT2D eigenvalue weighted by molar-refractivity contribution is -0.141. The first-order valence-electron chi connectivity index (χ1n) is 12.3. The van der Waals surface area contributed by atoms with Crippen molar-refractivity contribution in [3.63, 3.8) is 0 Å². The molecule has 2 rings (SSSR count). The number of anilines is 1. The van der Waals surface area contributed by atoms with Gasteiger partial charge in [-0.3, -0.25) is 13.9 Å². The van der Waals surface area contributed by atoms with Gasteiger partial charge in [-0.25, -0.2) is 8.42 Å². The Morgan fingerprint density at radius 3 is 2.14 bits per heavy atom. The Hall–Kier alpha value is -2.58. The maximum atomic E-state index is 13.4. The van der Waals surface area contributed by atoms with Crippen molar-refractivity contribution < 1.29 is 18.0 Å². The summed E-state index contributed by atoms with van der Waals surface area (Å²) in [6.07, 6.45) is 2.83. The van der Waals surface area contributed by atoms with Crippen LogP contribution in [-0.2, 0) is 26.2 Å². The van der Waals surface area contributed by atoms with E-state index in [1.165, 1.54) is 4.31 Å². The normalized spacial score (nSPS) is 13.1. The molecule has 0 aliphatic carbocycles. The van der Waals surface area contributed by atoms with Crippen LogP contribution in [0.1, 0.15) is 57.6 Å². The summed E-state index contributed by atoms with van der Waals surface area (Å²) in [5.74, 6) is -0.389. The minimum atomic E-state index is -3.52. The van der Waals surface area contributed by atoms with E-state index in [1.807, 2.05) is 52.0 Å². The minimum absolute atomic E-state index is 0.00291. The molecule has 0 bridgehead atoms. The molecule has 2 aromatic rings. The summed E-state index contributed by atoms with van der Waals surface area (Å²) < 4.78 is 26.2. The first-order valence-corrected chi connectivity index (χ1v) is 14.6. The molecule has 0 unspecified atom stereocenters. The highest BCUT2D eigenvalue weighted by molar-refractivity contribution is 7.92. The molecular weight excluding hydrogens is 498 g/mol. The number of nitrogens with zero attached hydrogens (tertiary/aromatic N) is 2. The highest BCUT2D eigenvalue weighted by Gasteiger charge is 2.29. The number of carbonyl (C=O) groups excluding carboxylic acids is 2. The lowest BCUT2D eigenvalue weighted by Gasteiger charge is -2.32. The van der Waals surface area contributed by atoms with Gasteiger partial charge in [-0.1, -0.05) is 55.3 Å². The van der Waals surface area contributed by atoms with Gasteiger partial charge in [-0.05, 0) is 62.9 Å². The SMILES string of the molecule is CC[C@@H](C)NC(=O)[C@@H](CC)N(Cc1ccc(Cl)cc1)C(=O)CCCN(c1ccc(C)cc1)S(C)(=O)=O. The summed E-state index contributed by atoms with van der Waals surface area (Å²) in [5.41, 5.74) is 2.45. The van der Waals surface area contributed by atoms with Gasteiger partial charge in [0.2, 0.25) is 21.8 Å². The fourth-order valence-electron chi connectivity index (χ4n) is 3.86. The van der Waals surface area contributed by atoms with Gasteiger partial charge < -0.3 is 10.2 Å². The lowest BCUT2D eigenvalue weighted by atomic mass is 10.1. The number of hydrogen-bond donors (Lipinski definition) is 1. The Balaban J connectivity index is 2.21. The molecule has 2 atom stereocenters. The number of aryl methyl sites for hydroxylation is 1. The Kier molecular flexibility index (Phi) is 11.2. The molecule has 0 aliphatic heterocycles. The average Bonchev–Trinajstić information content (AvgIpc) is 2.82. The molecule has 0 spiro atoms. The highest BCUT2D eigenvalue weighted by Crippen LogP contribution is 2.20. The van der Waals surface area contributed by atoms with E-state index in [-0.39, 0.29) is 37.4 Å². The van der Waals surface area contributed by atoms with Gasteiger partial charge in [0.15, 0.2) is 0 Å². The second kappa shape index (κ2) is 13.7. The van der Waals surface area contributed by atoms with Crippen molar-refractivity contribution in [2.75, 3.05) is 17.1 Å². The van der Waals surface area contributed by atoms with Gasteiger partial charge in [0.25, 0.3) is 0 Å². The number of amides is 2. The number of halogens is 1. The van der Waals surface area contributed by atoms with Crippen LogP contribution in [0, 0.1) is 6.92 Å². The zero-order chi connectivity index (χ0) is 26.9. The van der Waals surface area contributed by atoms with Gasteiger partial charge in [0, 0.05) is 30.6 Å². The maximum Gasteiger partial charge on any atom is 0.243 e. The monoisotopic (exact) mass is 535 g/mol. The van der Waals surface area contributed by atoms with Crippen LogP contribution in [0.2, 0.25) is 5.02 Å². The third-order valence-corrected chi connectivity index (χ3v) is 7.57. The predicted octanol–water partition coefficient (Wildman–Crippen LogP) is 4.92. The van der Waals surface area contributed by atoms with Crippen molar-refractivity contribution in [3.05, 3.63) is 64.7 Å². The van der Waals surface area contributed by atoms with Crippen LogP contribution in [0.3, 0.4) is 0 Å². The Morgan fingerprint density at radius 2 is 1.61 bits per heavy atom. The molecule has 0 aliphatic rings. The molecule has 198 valence electrons. The first kappa shape index (κ1) is 29.6. The summed E-state index contributed by atoms with van der Waals surface area (Å²) in [7, 11) is -3.52. The van der Waals surface area contributed by atoms with Crippen molar-refractivity contribution >= 4 is 39.1 Å². The first-order chi connectivity index (χ1) is 17.0. The third-order valence-electron chi connectivity index (χ3n) is 6.13. The highest BCUT2D eigenvalue weighted by atomic mass is 35.5. The fourth-order valence-corrected chi connectivity index (χ4v) is 4.95. The molecule has 9 heteroatoms. The number of rotatable bonds is 13. The van der Waals surface area contributed by atoms with Crippen LogP contribution in [0.5, 0.6) is 0 Å². The van der Waals surface area contributed by atoms with Gasteiger partial charge in [0.05, 0.1) is 11.9 Å². The van der Waals surface area contributed by atoms with Crippen molar-refractivity contribution in [1.29, 1.82) is 0 Å². The number of benzene rings is 2. The summed E-state index contributed by atoms with van der Waals surface area (Å²) in [6, 6.07) is 13.8. The van der Waals surface area contributed by atoms with Crippen LogP contribution >= 0.6 is 11.6 Å². The van der Waals surface area contributed by atoms with Crippen molar-refractivity contribution in [1.82, 2.24) is 10.2 Å². The molecule has 0 saturated heterocycles. The zero-order valence-corrected chi connectivity index (χ0v) is 23.4. The summed E-state index contributed by atoms with van der Waals surface area (Å²) >= 11 is 6.02. The molecule has 0 saturated carbocycles. The van der Waals surface area contributed by atoms with E-state index in [1.54, 1.807) is 29.2 Å². The van der Waals surface area contributed by atoms with Crippen LogP contribution in [0.25, 0.3) is 0 Å². The van der Waals surface area contributed by atoms with E-state index in [9.17, 15) is 18.0 Å². The van der Waals surface area contributed by atoms with Gasteiger partial charge in [-0.2, -0.15) is 0 Å². The molecule has 36 heavy (non-hydrogen) atoms. The van der Waals surface area contributed by atoms with E-state index in [0.29, 0.717) is 23.6 Å². The minimum Gasteiger partial charge on any atom is -0.352 e. The molecule has 7 nitrogen and oxygen atoms in total. The topological polar surface area (TPSA) is 86.8 Å². The van der Waals surface area contributed by atoms with E-state index in [4.69, 9.17) is 11.6 Å². The molecule has 0 aromatic heterocycles. The molecule has 0 fully saturated rings. The fraction of sp³-hybridized carbons (Fsp3) is 0.481. The van der Waals surface area contributed by atoms with E-state index in [2.05, 4.69) is 5.32 Å². The van der Waals surface area contributed by atoms with Gasteiger partial charge in [-0.15, -0.1) is 0 Å². The van der Waals surface area contributed by atoms with Crippen LogP contribution in [-0.4, -0.2) is 50.0 Å². The molecular formula is C27H38ClN3O4S. The molecule has 2 amide bonds. The lowest BCUT2D eigenvalue weighted by Crippen LogP contribution is -2.50. The molecule has 0 heterocycles. The van der Waals surface area contributed by atoms with E-state index >= 15 is 0 Å². The van der Waals surface area contributed by atoms with E-state index < -0.39 is 16.1 Å². The zero-order valence-electron chi connectivity index (χ0n) is 21.8. The van der Waals surface area contributed by atoms with Gasteiger partial charge >= 0.3 is 0 Å². The smallest absolute Gasteiger partial charge is 0.243 e. The summed E-state index contributed by atoms with van der Waals surface area (Å²) in [6.45, 7) is 8.16. The average molecular weight is 536 g/mol. The van der Waals surface area contributed by atoms with Crippen LogP contribution in [0.15, 0.2) is 48.5 Å².